The molecule has 0 bridgehead atoms. The zero-order valence-electron chi connectivity index (χ0n) is 16.9. The Kier molecular flexibility index (Phi) is 7.93. The van der Waals surface area contributed by atoms with Crippen LogP contribution in [0.1, 0.15) is 18.4 Å². The number of carbonyl (C=O) groups is 4. The summed E-state index contributed by atoms with van der Waals surface area (Å²) >= 11 is 0. The van der Waals surface area contributed by atoms with Crippen LogP contribution in [-0.2, 0) is 30.3 Å². The lowest BCUT2D eigenvalue weighted by Gasteiger charge is -2.18. The minimum absolute atomic E-state index is 0.0743. The number of aliphatic carboxylic acids is 1. The molecule has 10 heteroatoms. The second-order valence-electron chi connectivity index (χ2n) is 7.06. The van der Waals surface area contributed by atoms with E-state index in [0.717, 1.165) is 16.5 Å². The standard InChI is InChI=1S/C20H26N4O6/c1-24(2)18(26)11-30-20(29)16(23-17(25)8-7-14(21)19(27)28)9-12-10-22-15-6-4-3-5-13(12)15/h3-6,10,14,16,22H,7-9,11,21H2,1-2H3,(H,23,25)(H,27,28)/t14-,16+/m1/s1. The number of aromatic amines is 1. The Morgan fingerprint density at radius 2 is 1.93 bits per heavy atom. The smallest absolute Gasteiger partial charge is 0.329 e. The SMILES string of the molecule is CN(C)C(=O)COC(=O)[C@H](Cc1c[nH]c2ccccc12)NC(=O)CC[C@@H](N)C(=O)O. The molecule has 2 rings (SSSR count). The van der Waals surface area contributed by atoms with Crippen LogP contribution in [0.25, 0.3) is 10.9 Å². The second kappa shape index (κ2) is 10.4. The van der Waals surface area contributed by atoms with Crippen molar-refractivity contribution in [1.82, 2.24) is 15.2 Å². The number of carbonyl (C=O) groups excluding carboxylic acids is 3. The number of fused-ring (bicyclic) bond motifs is 1. The van der Waals surface area contributed by atoms with E-state index >= 15 is 0 Å². The van der Waals surface area contributed by atoms with Gasteiger partial charge in [0.1, 0.15) is 12.1 Å². The van der Waals surface area contributed by atoms with E-state index in [1.165, 1.54) is 19.0 Å². The summed E-state index contributed by atoms with van der Waals surface area (Å²) in [4.78, 5) is 51.8. The number of amides is 2. The monoisotopic (exact) mass is 418 g/mol. The fourth-order valence-corrected chi connectivity index (χ4v) is 2.75. The van der Waals surface area contributed by atoms with Gasteiger partial charge in [-0.3, -0.25) is 14.4 Å². The first-order valence-corrected chi connectivity index (χ1v) is 9.38. The zero-order valence-corrected chi connectivity index (χ0v) is 16.9. The maximum atomic E-state index is 12.6. The summed E-state index contributed by atoms with van der Waals surface area (Å²) in [5.74, 6) is -2.90. The van der Waals surface area contributed by atoms with E-state index in [9.17, 15) is 19.2 Å². The summed E-state index contributed by atoms with van der Waals surface area (Å²) in [6, 6.07) is 5.27. The highest BCUT2D eigenvalue weighted by Crippen LogP contribution is 2.19. The lowest BCUT2D eigenvalue weighted by molar-refractivity contribution is -0.153. The summed E-state index contributed by atoms with van der Waals surface area (Å²) in [6.45, 7) is -0.448. The summed E-state index contributed by atoms with van der Waals surface area (Å²) in [7, 11) is 3.07. The van der Waals surface area contributed by atoms with Crippen LogP contribution in [0.2, 0.25) is 0 Å². The molecule has 0 aliphatic carbocycles. The first-order chi connectivity index (χ1) is 14.2. The van der Waals surface area contributed by atoms with Crippen molar-refractivity contribution in [3.63, 3.8) is 0 Å². The number of H-pyrrole nitrogens is 1. The molecule has 10 nitrogen and oxygen atoms in total. The predicted molar refractivity (Wildman–Crippen MR) is 108 cm³/mol. The first kappa shape index (κ1) is 22.9. The number of likely N-dealkylation sites (N-methyl/N-ethyl adjacent to an activating group) is 1. The Morgan fingerprint density at radius 3 is 2.60 bits per heavy atom. The van der Waals surface area contributed by atoms with E-state index in [2.05, 4.69) is 10.3 Å². The first-order valence-electron chi connectivity index (χ1n) is 9.38. The fraction of sp³-hybridized carbons (Fsp3) is 0.400. The molecule has 0 aliphatic heterocycles. The molecule has 0 spiro atoms. The number of benzene rings is 1. The number of esters is 1. The topological polar surface area (TPSA) is 155 Å². The van der Waals surface area contributed by atoms with Crippen LogP contribution in [0.15, 0.2) is 30.5 Å². The zero-order chi connectivity index (χ0) is 22.3. The maximum Gasteiger partial charge on any atom is 0.329 e. The largest absolute Gasteiger partial charge is 0.480 e. The molecule has 162 valence electrons. The quantitative estimate of drug-likeness (QED) is 0.396. The number of para-hydroxylation sites is 1. The molecule has 30 heavy (non-hydrogen) atoms. The highest BCUT2D eigenvalue weighted by atomic mass is 16.5. The Morgan fingerprint density at radius 1 is 1.23 bits per heavy atom. The van der Waals surface area contributed by atoms with E-state index in [0.29, 0.717) is 0 Å². The molecule has 2 atom stereocenters. The van der Waals surface area contributed by atoms with Gasteiger partial charge in [0.05, 0.1) is 0 Å². The molecule has 1 aromatic carbocycles. The van der Waals surface area contributed by atoms with Gasteiger partial charge in [0.15, 0.2) is 6.61 Å². The van der Waals surface area contributed by atoms with Crippen molar-refractivity contribution in [3.8, 4) is 0 Å². The molecule has 0 radical (unpaired) electrons. The number of nitrogens with one attached hydrogen (secondary N) is 2. The molecule has 2 amide bonds. The third kappa shape index (κ3) is 6.31. The maximum absolute atomic E-state index is 12.6. The van der Waals surface area contributed by atoms with Crippen molar-refractivity contribution in [2.75, 3.05) is 20.7 Å². The molecule has 2 aromatic rings. The van der Waals surface area contributed by atoms with Crippen molar-refractivity contribution in [1.29, 1.82) is 0 Å². The van der Waals surface area contributed by atoms with Crippen LogP contribution in [-0.4, -0.2) is 71.5 Å². The summed E-state index contributed by atoms with van der Waals surface area (Å²) in [5, 5.41) is 12.3. The van der Waals surface area contributed by atoms with Crippen molar-refractivity contribution in [2.45, 2.75) is 31.3 Å². The number of ether oxygens (including phenoxy) is 1. The van der Waals surface area contributed by atoms with Crippen LogP contribution < -0.4 is 11.1 Å². The average molecular weight is 418 g/mol. The predicted octanol–water partition coefficient (Wildman–Crippen LogP) is 0.0187. The minimum Gasteiger partial charge on any atom is -0.480 e. The number of carboxylic acid groups (broad SMARTS) is 1. The normalized spacial score (nSPS) is 12.8. The van der Waals surface area contributed by atoms with Gasteiger partial charge in [-0.1, -0.05) is 18.2 Å². The Balaban J connectivity index is 2.10. The lowest BCUT2D eigenvalue weighted by Crippen LogP contribution is -2.44. The van der Waals surface area contributed by atoms with Gasteiger partial charge in [-0.15, -0.1) is 0 Å². The lowest BCUT2D eigenvalue weighted by atomic mass is 10.0. The van der Waals surface area contributed by atoms with Crippen LogP contribution in [0.4, 0.5) is 0 Å². The summed E-state index contributed by atoms with van der Waals surface area (Å²) in [6.07, 6.45) is 1.63. The number of nitrogens with two attached hydrogens (primary N) is 1. The van der Waals surface area contributed by atoms with E-state index < -0.39 is 42.4 Å². The van der Waals surface area contributed by atoms with Gasteiger partial charge in [-0.05, 0) is 18.1 Å². The number of hydrogen-bond donors (Lipinski definition) is 4. The molecule has 0 saturated carbocycles. The van der Waals surface area contributed by atoms with Crippen LogP contribution in [0.5, 0.6) is 0 Å². The van der Waals surface area contributed by atoms with Gasteiger partial charge in [-0.2, -0.15) is 0 Å². The molecule has 0 saturated heterocycles. The average Bonchev–Trinajstić information content (AvgIpc) is 3.12. The van der Waals surface area contributed by atoms with Crippen LogP contribution in [0, 0.1) is 0 Å². The molecule has 5 N–H and O–H groups in total. The molecular weight excluding hydrogens is 392 g/mol. The third-order valence-electron chi connectivity index (χ3n) is 4.55. The third-order valence-corrected chi connectivity index (χ3v) is 4.55. The van der Waals surface area contributed by atoms with Crippen molar-refractivity contribution in [2.24, 2.45) is 5.73 Å². The molecule has 1 heterocycles. The number of hydrogen-bond acceptors (Lipinski definition) is 6. The van der Waals surface area contributed by atoms with Crippen LogP contribution >= 0.6 is 0 Å². The van der Waals surface area contributed by atoms with E-state index in [1.54, 1.807) is 6.20 Å². The highest BCUT2D eigenvalue weighted by molar-refractivity contribution is 5.88. The van der Waals surface area contributed by atoms with Crippen molar-refractivity contribution >= 4 is 34.7 Å². The number of carboxylic acids is 1. The Labute approximate surface area is 173 Å². The van der Waals surface area contributed by atoms with Gasteiger partial charge >= 0.3 is 11.9 Å². The number of nitrogens with zero attached hydrogens (tertiary/aromatic N) is 1. The van der Waals surface area contributed by atoms with Gasteiger partial charge in [-0.25, -0.2) is 4.79 Å². The van der Waals surface area contributed by atoms with Gasteiger partial charge in [0.25, 0.3) is 5.91 Å². The number of aromatic nitrogens is 1. The van der Waals surface area contributed by atoms with E-state index in [4.69, 9.17) is 15.6 Å². The van der Waals surface area contributed by atoms with Gasteiger partial charge in [0.2, 0.25) is 5.91 Å². The molecular formula is C20H26N4O6. The molecule has 0 fully saturated rings. The van der Waals surface area contributed by atoms with Crippen molar-refractivity contribution in [3.05, 3.63) is 36.0 Å². The second-order valence-corrected chi connectivity index (χ2v) is 7.06. The van der Waals surface area contributed by atoms with E-state index in [-0.39, 0.29) is 19.3 Å². The van der Waals surface area contributed by atoms with Gasteiger partial charge in [0, 0.05) is 44.0 Å². The van der Waals surface area contributed by atoms with Crippen LogP contribution in [0.3, 0.4) is 0 Å². The fourth-order valence-electron chi connectivity index (χ4n) is 2.75. The summed E-state index contributed by atoms with van der Waals surface area (Å²) < 4.78 is 5.08. The highest BCUT2D eigenvalue weighted by Gasteiger charge is 2.25. The Bertz CT molecular complexity index is 923. The van der Waals surface area contributed by atoms with E-state index in [1.807, 2.05) is 24.3 Å². The minimum atomic E-state index is -1.21. The van der Waals surface area contributed by atoms with Gasteiger partial charge < -0.3 is 30.8 Å². The molecule has 0 aliphatic rings. The summed E-state index contributed by atoms with van der Waals surface area (Å²) in [5.41, 5.74) is 7.08. The van der Waals surface area contributed by atoms with Crippen molar-refractivity contribution < 1.29 is 29.0 Å². The Hall–Kier alpha value is -3.40. The molecule has 1 aromatic heterocycles. The molecule has 0 unspecified atom stereocenters. The number of rotatable bonds is 10.